The Kier molecular flexibility index (Phi) is 4.41. The summed E-state index contributed by atoms with van der Waals surface area (Å²) in [6.07, 6.45) is 6.67. The molecule has 2 aliphatic rings. The van der Waals surface area contributed by atoms with E-state index in [-0.39, 0.29) is 0 Å². The summed E-state index contributed by atoms with van der Waals surface area (Å²) in [6, 6.07) is 5.31. The van der Waals surface area contributed by atoms with E-state index < -0.39 is 0 Å². The molecule has 2 atom stereocenters. The molecule has 21 heavy (non-hydrogen) atoms. The summed E-state index contributed by atoms with van der Waals surface area (Å²) >= 11 is 0. The van der Waals surface area contributed by atoms with Crippen molar-refractivity contribution in [2.75, 3.05) is 19.6 Å². The predicted molar refractivity (Wildman–Crippen MR) is 86.4 cm³/mol. The molecule has 0 spiro atoms. The minimum Gasteiger partial charge on any atom is -0.465 e. The number of nitrogens with one attached hydrogen (secondary N) is 1. The van der Waals surface area contributed by atoms with Crippen molar-refractivity contribution in [3.63, 3.8) is 0 Å². The van der Waals surface area contributed by atoms with E-state index in [1.165, 1.54) is 45.2 Å². The minimum absolute atomic E-state index is 0.401. The van der Waals surface area contributed by atoms with Gasteiger partial charge in [0.15, 0.2) is 0 Å². The van der Waals surface area contributed by atoms with Crippen molar-refractivity contribution in [1.29, 1.82) is 0 Å². The van der Waals surface area contributed by atoms with E-state index in [2.05, 4.69) is 36.2 Å². The molecule has 1 aliphatic carbocycles. The second kappa shape index (κ2) is 6.13. The standard InChI is InChI=1S/C18H30N2O/c1-14-8-9-16(21-14)15(20-11-4-5-12-20)13-19-17-7-6-10-18(17,2)3/h8-9,15,17,19H,4-7,10-13H2,1-3H3/t15-,17-/m1/s1. The molecule has 3 heteroatoms. The summed E-state index contributed by atoms with van der Waals surface area (Å²) < 4.78 is 5.94. The van der Waals surface area contributed by atoms with Crippen LogP contribution in [-0.4, -0.2) is 30.6 Å². The first-order chi connectivity index (χ1) is 10.1. The van der Waals surface area contributed by atoms with Crippen LogP contribution in [0.1, 0.15) is 63.5 Å². The lowest BCUT2D eigenvalue weighted by atomic mass is 9.87. The van der Waals surface area contributed by atoms with Crippen molar-refractivity contribution in [3.05, 3.63) is 23.7 Å². The predicted octanol–water partition coefficient (Wildman–Crippen LogP) is 3.89. The van der Waals surface area contributed by atoms with Gasteiger partial charge in [-0.1, -0.05) is 20.3 Å². The second-order valence-electron chi connectivity index (χ2n) is 7.55. The Hall–Kier alpha value is -0.800. The number of rotatable bonds is 5. The Bertz CT molecular complexity index is 460. The molecule has 2 heterocycles. The van der Waals surface area contributed by atoms with Gasteiger partial charge in [0.25, 0.3) is 0 Å². The SMILES string of the molecule is Cc1ccc([C@@H](CN[C@@H]2CCCC2(C)C)N2CCCC2)o1. The Morgan fingerprint density at radius 1 is 1.29 bits per heavy atom. The number of aryl methyl sites for hydroxylation is 1. The number of furan rings is 1. The van der Waals surface area contributed by atoms with Gasteiger partial charge in [0.2, 0.25) is 0 Å². The van der Waals surface area contributed by atoms with Crippen LogP contribution in [0.25, 0.3) is 0 Å². The van der Waals surface area contributed by atoms with Gasteiger partial charge < -0.3 is 9.73 Å². The number of hydrogen-bond acceptors (Lipinski definition) is 3. The molecule has 0 unspecified atom stereocenters. The molecule has 0 amide bonds. The Morgan fingerprint density at radius 3 is 2.62 bits per heavy atom. The van der Waals surface area contributed by atoms with Gasteiger partial charge >= 0.3 is 0 Å². The van der Waals surface area contributed by atoms with Gasteiger partial charge in [0.1, 0.15) is 11.5 Å². The number of likely N-dealkylation sites (tertiary alicyclic amines) is 1. The third-order valence-corrected chi connectivity index (χ3v) is 5.49. The van der Waals surface area contributed by atoms with Crippen LogP contribution in [0.2, 0.25) is 0 Å². The first kappa shape index (κ1) is 15.1. The van der Waals surface area contributed by atoms with Crippen LogP contribution in [0.15, 0.2) is 16.5 Å². The van der Waals surface area contributed by atoms with E-state index in [9.17, 15) is 0 Å². The third kappa shape index (κ3) is 3.35. The van der Waals surface area contributed by atoms with Crippen LogP contribution >= 0.6 is 0 Å². The maximum Gasteiger partial charge on any atom is 0.122 e. The average Bonchev–Trinajstić information content (AvgIpc) is 3.13. The molecule has 3 rings (SSSR count). The van der Waals surface area contributed by atoms with Gasteiger partial charge in [-0.15, -0.1) is 0 Å². The summed E-state index contributed by atoms with van der Waals surface area (Å²) in [5.74, 6) is 2.16. The van der Waals surface area contributed by atoms with Crippen LogP contribution in [0.5, 0.6) is 0 Å². The van der Waals surface area contributed by atoms with Gasteiger partial charge in [-0.05, 0) is 63.2 Å². The number of nitrogens with zero attached hydrogens (tertiary/aromatic N) is 1. The summed E-state index contributed by atoms with van der Waals surface area (Å²) in [5.41, 5.74) is 0.439. The molecular weight excluding hydrogens is 260 g/mol. The maximum atomic E-state index is 5.94. The average molecular weight is 290 g/mol. The van der Waals surface area contributed by atoms with E-state index in [1.807, 2.05) is 6.92 Å². The summed E-state index contributed by atoms with van der Waals surface area (Å²) in [4.78, 5) is 2.59. The lowest BCUT2D eigenvalue weighted by molar-refractivity contribution is 0.187. The summed E-state index contributed by atoms with van der Waals surface area (Å²) in [6.45, 7) is 10.3. The van der Waals surface area contributed by atoms with Gasteiger partial charge in [-0.3, -0.25) is 4.90 Å². The van der Waals surface area contributed by atoms with Gasteiger partial charge in [-0.2, -0.15) is 0 Å². The molecule has 1 aliphatic heterocycles. The van der Waals surface area contributed by atoms with Gasteiger partial charge in [0.05, 0.1) is 6.04 Å². The number of hydrogen-bond donors (Lipinski definition) is 1. The second-order valence-corrected chi connectivity index (χ2v) is 7.55. The Morgan fingerprint density at radius 2 is 2.05 bits per heavy atom. The zero-order valence-electron chi connectivity index (χ0n) is 13.8. The molecule has 0 aromatic carbocycles. The molecule has 1 saturated heterocycles. The van der Waals surface area contributed by atoms with E-state index in [1.54, 1.807) is 0 Å². The maximum absolute atomic E-state index is 5.94. The molecule has 1 aromatic rings. The van der Waals surface area contributed by atoms with Crippen molar-refractivity contribution in [3.8, 4) is 0 Å². The van der Waals surface area contributed by atoms with Crippen LogP contribution in [0.4, 0.5) is 0 Å². The fourth-order valence-corrected chi connectivity index (χ4v) is 4.05. The molecule has 2 fully saturated rings. The van der Waals surface area contributed by atoms with Crippen molar-refractivity contribution < 1.29 is 4.42 Å². The molecule has 1 N–H and O–H groups in total. The fraction of sp³-hybridized carbons (Fsp3) is 0.778. The topological polar surface area (TPSA) is 28.4 Å². The smallest absolute Gasteiger partial charge is 0.122 e. The Balaban J connectivity index is 1.67. The van der Waals surface area contributed by atoms with E-state index >= 15 is 0 Å². The minimum atomic E-state index is 0.401. The molecule has 3 nitrogen and oxygen atoms in total. The lowest BCUT2D eigenvalue weighted by Crippen LogP contribution is -2.43. The highest BCUT2D eigenvalue weighted by molar-refractivity contribution is 5.11. The van der Waals surface area contributed by atoms with Crippen molar-refractivity contribution in [2.45, 2.75) is 65.0 Å². The highest BCUT2D eigenvalue weighted by Gasteiger charge is 2.35. The molecule has 0 radical (unpaired) electrons. The summed E-state index contributed by atoms with van der Waals surface area (Å²) in [5, 5.41) is 3.85. The Labute approximate surface area is 129 Å². The zero-order chi connectivity index (χ0) is 14.9. The van der Waals surface area contributed by atoms with Crippen LogP contribution < -0.4 is 5.32 Å². The zero-order valence-corrected chi connectivity index (χ0v) is 13.8. The van der Waals surface area contributed by atoms with Crippen LogP contribution in [-0.2, 0) is 0 Å². The van der Waals surface area contributed by atoms with Crippen molar-refractivity contribution in [2.24, 2.45) is 5.41 Å². The van der Waals surface area contributed by atoms with Crippen LogP contribution in [0, 0.1) is 12.3 Å². The fourth-order valence-electron chi connectivity index (χ4n) is 4.05. The van der Waals surface area contributed by atoms with E-state index in [0.717, 1.165) is 18.1 Å². The molecule has 1 saturated carbocycles. The third-order valence-electron chi connectivity index (χ3n) is 5.49. The highest BCUT2D eigenvalue weighted by Crippen LogP contribution is 2.37. The largest absolute Gasteiger partial charge is 0.465 e. The van der Waals surface area contributed by atoms with E-state index in [0.29, 0.717) is 17.5 Å². The first-order valence-electron chi connectivity index (χ1n) is 8.60. The van der Waals surface area contributed by atoms with Crippen molar-refractivity contribution in [1.82, 2.24) is 10.2 Å². The highest BCUT2D eigenvalue weighted by atomic mass is 16.3. The van der Waals surface area contributed by atoms with Gasteiger partial charge in [0, 0.05) is 12.6 Å². The molecule has 118 valence electrons. The quantitative estimate of drug-likeness (QED) is 0.891. The van der Waals surface area contributed by atoms with Crippen LogP contribution in [0.3, 0.4) is 0 Å². The van der Waals surface area contributed by atoms with Gasteiger partial charge in [-0.25, -0.2) is 0 Å². The molecule has 1 aromatic heterocycles. The molecule has 0 bridgehead atoms. The lowest BCUT2D eigenvalue weighted by Gasteiger charge is -2.32. The summed E-state index contributed by atoms with van der Waals surface area (Å²) in [7, 11) is 0. The molecular formula is C18H30N2O. The normalized spacial score (nSPS) is 27.3. The van der Waals surface area contributed by atoms with E-state index in [4.69, 9.17) is 4.42 Å². The monoisotopic (exact) mass is 290 g/mol. The van der Waals surface area contributed by atoms with Crippen molar-refractivity contribution >= 4 is 0 Å². The first-order valence-corrected chi connectivity index (χ1v) is 8.60.